The molecule has 0 radical (unpaired) electrons. The van der Waals surface area contributed by atoms with E-state index >= 15 is 0 Å². The summed E-state index contributed by atoms with van der Waals surface area (Å²) in [6.07, 6.45) is 1.89. The van der Waals surface area contributed by atoms with E-state index in [-0.39, 0.29) is 4.90 Å². The average molecular weight is 397 g/mol. The molecule has 1 aliphatic rings. The number of halogens is 1. The van der Waals surface area contributed by atoms with E-state index in [0.717, 1.165) is 16.8 Å². The summed E-state index contributed by atoms with van der Waals surface area (Å²) in [4.78, 5) is 0.220. The van der Waals surface area contributed by atoms with Gasteiger partial charge in [0.1, 0.15) is 0 Å². The molecule has 1 atom stereocenters. The van der Waals surface area contributed by atoms with E-state index in [1.807, 2.05) is 54.6 Å². The van der Waals surface area contributed by atoms with E-state index in [1.165, 1.54) is 4.41 Å². The standard InChI is InChI=1S/C21H17ClN2O2S/c22-19-14-8-7-13-18(19)21-15-20(16-9-3-1-4-10-16)23-24(21)27(25,26)17-11-5-2-6-12-17/h1-15,21,23H/t21-/m0/s1. The molecule has 0 bridgehead atoms. The van der Waals surface area contributed by atoms with Crippen molar-refractivity contribution in [2.24, 2.45) is 0 Å². The number of sulfonamides is 1. The molecular weight excluding hydrogens is 380 g/mol. The van der Waals surface area contributed by atoms with Gasteiger partial charge in [-0.05, 0) is 35.4 Å². The van der Waals surface area contributed by atoms with Crippen LogP contribution in [0.4, 0.5) is 0 Å². The fraction of sp³-hybridized carbons (Fsp3) is 0.0476. The van der Waals surface area contributed by atoms with Crippen LogP contribution in [0.3, 0.4) is 0 Å². The Morgan fingerprint density at radius 1 is 0.815 bits per heavy atom. The molecule has 0 fully saturated rings. The molecule has 3 aromatic rings. The lowest BCUT2D eigenvalue weighted by Gasteiger charge is -2.25. The van der Waals surface area contributed by atoms with Crippen molar-refractivity contribution in [1.29, 1.82) is 0 Å². The fourth-order valence-electron chi connectivity index (χ4n) is 3.08. The fourth-order valence-corrected chi connectivity index (χ4v) is 4.74. The summed E-state index contributed by atoms with van der Waals surface area (Å²) < 4.78 is 27.9. The molecule has 0 saturated heterocycles. The van der Waals surface area contributed by atoms with Gasteiger partial charge < -0.3 is 5.43 Å². The molecule has 0 aliphatic carbocycles. The maximum absolute atomic E-state index is 13.3. The van der Waals surface area contributed by atoms with Crippen LogP contribution in [0.5, 0.6) is 0 Å². The molecule has 1 heterocycles. The first-order valence-corrected chi connectivity index (χ1v) is 10.3. The van der Waals surface area contributed by atoms with Crippen molar-refractivity contribution >= 4 is 27.3 Å². The summed E-state index contributed by atoms with van der Waals surface area (Å²) in [7, 11) is -3.78. The summed E-state index contributed by atoms with van der Waals surface area (Å²) in [6.45, 7) is 0. The monoisotopic (exact) mass is 396 g/mol. The number of hydrazine groups is 1. The van der Waals surface area contributed by atoms with Crippen molar-refractivity contribution in [1.82, 2.24) is 9.84 Å². The number of benzene rings is 3. The Balaban J connectivity index is 1.82. The van der Waals surface area contributed by atoms with Crippen LogP contribution in [0.2, 0.25) is 5.02 Å². The number of hydrogen-bond donors (Lipinski definition) is 1. The van der Waals surface area contributed by atoms with Gasteiger partial charge in [0.25, 0.3) is 10.0 Å². The highest BCUT2D eigenvalue weighted by molar-refractivity contribution is 7.89. The molecule has 6 heteroatoms. The quantitative estimate of drug-likeness (QED) is 0.699. The van der Waals surface area contributed by atoms with Gasteiger partial charge >= 0.3 is 0 Å². The summed E-state index contributed by atoms with van der Waals surface area (Å²) in [5, 5.41) is 0.517. The average Bonchev–Trinajstić information content (AvgIpc) is 3.16. The van der Waals surface area contributed by atoms with Crippen LogP contribution in [0.15, 0.2) is 95.9 Å². The molecule has 0 amide bonds. The second kappa shape index (κ2) is 7.19. The molecule has 3 aromatic carbocycles. The Morgan fingerprint density at radius 3 is 2.07 bits per heavy atom. The van der Waals surface area contributed by atoms with Crippen molar-refractivity contribution in [2.75, 3.05) is 0 Å². The maximum Gasteiger partial charge on any atom is 0.260 e. The Bertz CT molecular complexity index is 1080. The van der Waals surface area contributed by atoms with Crippen molar-refractivity contribution in [3.8, 4) is 0 Å². The molecule has 1 aliphatic heterocycles. The summed E-state index contributed by atoms with van der Waals surface area (Å²) in [5.74, 6) is 0. The van der Waals surface area contributed by atoms with E-state index in [1.54, 1.807) is 36.4 Å². The van der Waals surface area contributed by atoms with E-state index in [4.69, 9.17) is 11.6 Å². The lowest BCUT2D eigenvalue weighted by Crippen LogP contribution is -2.39. The number of nitrogens with zero attached hydrogens (tertiary/aromatic N) is 1. The predicted octanol–water partition coefficient (Wildman–Crippen LogP) is 4.63. The third kappa shape index (κ3) is 3.37. The lowest BCUT2D eigenvalue weighted by molar-refractivity contribution is 0.348. The molecule has 136 valence electrons. The lowest BCUT2D eigenvalue weighted by atomic mass is 10.1. The second-order valence-corrected chi connectivity index (χ2v) is 8.36. The Hall–Kier alpha value is -2.60. The van der Waals surface area contributed by atoms with Crippen LogP contribution in [0.1, 0.15) is 17.2 Å². The molecule has 0 saturated carbocycles. The minimum absolute atomic E-state index is 0.220. The molecule has 1 N–H and O–H groups in total. The van der Waals surface area contributed by atoms with E-state index < -0.39 is 16.1 Å². The molecule has 0 spiro atoms. The minimum atomic E-state index is -3.78. The van der Waals surface area contributed by atoms with Crippen LogP contribution < -0.4 is 5.43 Å². The van der Waals surface area contributed by atoms with Gasteiger partial charge in [0.15, 0.2) is 0 Å². The van der Waals surface area contributed by atoms with E-state index in [2.05, 4.69) is 5.43 Å². The van der Waals surface area contributed by atoms with Gasteiger partial charge in [-0.3, -0.25) is 0 Å². The van der Waals surface area contributed by atoms with Gasteiger partial charge in [-0.1, -0.05) is 78.3 Å². The zero-order valence-corrected chi connectivity index (χ0v) is 15.9. The molecule has 0 aromatic heterocycles. The highest BCUT2D eigenvalue weighted by Gasteiger charge is 2.37. The van der Waals surface area contributed by atoms with Crippen molar-refractivity contribution in [3.05, 3.63) is 107 Å². The molecule has 27 heavy (non-hydrogen) atoms. The third-order valence-electron chi connectivity index (χ3n) is 4.42. The van der Waals surface area contributed by atoms with Crippen LogP contribution in [0, 0.1) is 0 Å². The first-order valence-electron chi connectivity index (χ1n) is 8.45. The van der Waals surface area contributed by atoms with Crippen LogP contribution in [0.25, 0.3) is 5.70 Å². The van der Waals surface area contributed by atoms with Gasteiger partial charge in [0, 0.05) is 5.02 Å². The number of hydrogen-bond acceptors (Lipinski definition) is 3. The van der Waals surface area contributed by atoms with E-state index in [9.17, 15) is 8.42 Å². The first-order chi connectivity index (χ1) is 13.1. The van der Waals surface area contributed by atoms with Crippen molar-refractivity contribution in [3.63, 3.8) is 0 Å². The zero-order chi connectivity index (χ0) is 18.9. The topological polar surface area (TPSA) is 49.4 Å². The Morgan fingerprint density at radius 2 is 1.41 bits per heavy atom. The normalized spacial score (nSPS) is 17.4. The minimum Gasteiger partial charge on any atom is -0.304 e. The van der Waals surface area contributed by atoms with Gasteiger partial charge in [0.05, 0.1) is 16.6 Å². The van der Waals surface area contributed by atoms with Crippen molar-refractivity contribution in [2.45, 2.75) is 10.9 Å². The van der Waals surface area contributed by atoms with Crippen LogP contribution >= 0.6 is 11.6 Å². The number of rotatable bonds is 4. The maximum atomic E-state index is 13.3. The van der Waals surface area contributed by atoms with Gasteiger partial charge in [-0.15, -0.1) is 4.41 Å². The van der Waals surface area contributed by atoms with Gasteiger partial charge in [0.2, 0.25) is 0 Å². The Labute approximate surface area is 163 Å². The smallest absolute Gasteiger partial charge is 0.260 e. The van der Waals surface area contributed by atoms with Gasteiger partial charge in [-0.25, -0.2) is 8.42 Å². The molecule has 0 unspecified atom stereocenters. The molecule has 4 rings (SSSR count). The summed E-state index contributed by atoms with van der Waals surface area (Å²) >= 11 is 6.38. The zero-order valence-electron chi connectivity index (χ0n) is 14.3. The van der Waals surface area contributed by atoms with Crippen molar-refractivity contribution < 1.29 is 8.42 Å². The second-order valence-electron chi connectivity index (χ2n) is 6.14. The number of nitrogens with one attached hydrogen (secondary N) is 1. The summed E-state index contributed by atoms with van der Waals surface area (Å²) in [5.41, 5.74) is 5.41. The van der Waals surface area contributed by atoms with E-state index in [0.29, 0.717) is 5.02 Å². The molecular formula is C21H17ClN2O2S. The Kier molecular flexibility index (Phi) is 4.74. The van der Waals surface area contributed by atoms with Crippen LogP contribution in [-0.4, -0.2) is 12.8 Å². The van der Waals surface area contributed by atoms with Gasteiger partial charge in [-0.2, -0.15) is 0 Å². The highest BCUT2D eigenvalue weighted by atomic mass is 35.5. The third-order valence-corrected chi connectivity index (χ3v) is 6.46. The first kappa shape index (κ1) is 17.8. The van der Waals surface area contributed by atoms with Crippen LogP contribution in [-0.2, 0) is 10.0 Å². The highest BCUT2D eigenvalue weighted by Crippen LogP contribution is 2.37. The molecule has 4 nitrogen and oxygen atoms in total. The summed E-state index contributed by atoms with van der Waals surface area (Å²) in [6, 6.07) is 24.7. The SMILES string of the molecule is O=S(=O)(c1ccccc1)N1NC(c2ccccc2)=C[C@H]1c1ccccc1Cl. The largest absolute Gasteiger partial charge is 0.304 e. The predicted molar refractivity (Wildman–Crippen MR) is 107 cm³/mol.